The van der Waals surface area contributed by atoms with Crippen LogP contribution in [0.2, 0.25) is 0 Å². The molecule has 0 radical (unpaired) electrons. The standard InChI is InChI=1S/C5H3IOS2/c6-3-1-2-9-4(3)5(7)8/h1-2H,(H,7,8). The van der Waals surface area contributed by atoms with Gasteiger partial charge in [-0.05, 0) is 34.0 Å². The Morgan fingerprint density at radius 2 is 2.44 bits per heavy atom. The van der Waals surface area contributed by atoms with Crippen LogP contribution in [0.15, 0.2) is 11.4 Å². The molecule has 1 aromatic rings. The van der Waals surface area contributed by atoms with Gasteiger partial charge in [-0.1, -0.05) is 12.6 Å². The quantitative estimate of drug-likeness (QED) is 0.612. The molecular formula is C5H3IOS2. The van der Waals surface area contributed by atoms with Gasteiger partial charge in [-0.2, -0.15) is 0 Å². The lowest BCUT2D eigenvalue weighted by atomic mass is 10.5. The molecule has 0 saturated carbocycles. The maximum absolute atomic E-state index is 10.6. The minimum absolute atomic E-state index is 0.144. The third kappa shape index (κ3) is 1.68. The molecule has 48 valence electrons. The molecule has 0 aliphatic heterocycles. The van der Waals surface area contributed by atoms with Crippen molar-refractivity contribution in [3.63, 3.8) is 0 Å². The molecule has 0 N–H and O–H groups in total. The molecule has 1 aromatic heterocycles. The molecule has 1 nitrogen and oxygen atoms in total. The van der Waals surface area contributed by atoms with Crippen molar-refractivity contribution in [2.75, 3.05) is 0 Å². The van der Waals surface area contributed by atoms with Crippen molar-refractivity contribution in [3.8, 4) is 0 Å². The average Bonchev–Trinajstić information content (AvgIpc) is 2.13. The summed E-state index contributed by atoms with van der Waals surface area (Å²) in [5.41, 5.74) is 0. The predicted molar refractivity (Wildman–Crippen MR) is 50.4 cm³/mol. The summed E-state index contributed by atoms with van der Waals surface area (Å²) < 4.78 is 0.984. The molecule has 0 saturated heterocycles. The topological polar surface area (TPSA) is 17.1 Å². The van der Waals surface area contributed by atoms with Crippen LogP contribution in [0, 0.1) is 3.57 Å². The number of hydrogen-bond acceptors (Lipinski definition) is 2. The van der Waals surface area contributed by atoms with Crippen LogP contribution in [0.1, 0.15) is 9.67 Å². The van der Waals surface area contributed by atoms with E-state index in [2.05, 4.69) is 35.2 Å². The highest BCUT2D eigenvalue weighted by atomic mass is 127. The summed E-state index contributed by atoms with van der Waals surface area (Å²) in [6.07, 6.45) is 0. The first-order valence-electron chi connectivity index (χ1n) is 2.18. The highest BCUT2D eigenvalue weighted by molar-refractivity contribution is 14.1. The molecule has 0 atom stereocenters. The summed E-state index contributed by atoms with van der Waals surface area (Å²) in [5, 5.41) is 1.74. The number of thiophene rings is 1. The Kier molecular flexibility index (Phi) is 2.54. The molecule has 1 rings (SSSR count). The van der Waals surface area contributed by atoms with E-state index in [0.29, 0.717) is 0 Å². The summed E-state index contributed by atoms with van der Waals surface area (Å²) in [7, 11) is 0. The van der Waals surface area contributed by atoms with Crippen LogP contribution in [0.3, 0.4) is 0 Å². The van der Waals surface area contributed by atoms with Crippen molar-refractivity contribution in [3.05, 3.63) is 19.9 Å². The number of halogens is 1. The van der Waals surface area contributed by atoms with Gasteiger partial charge in [0.15, 0.2) is 0 Å². The van der Waals surface area contributed by atoms with E-state index in [1.807, 2.05) is 11.4 Å². The van der Waals surface area contributed by atoms with Gasteiger partial charge in [-0.15, -0.1) is 11.3 Å². The van der Waals surface area contributed by atoms with Gasteiger partial charge in [0.05, 0.1) is 4.88 Å². The van der Waals surface area contributed by atoms with Gasteiger partial charge < -0.3 is 0 Å². The van der Waals surface area contributed by atoms with Crippen molar-refractivity contribution < 1.29 is 4.79 Å². The van der Waals surface area contributed by atoms with Gasteiger partial charge in [0.2, 0.25) is 5.12 Å². The fourth-order valence-electron chi connectivity index (χ4n) is 0.446. The van der Waals surface area contributed by atoms with Crippen molar-refractivity contribution in [1.82, 2.24) is 0 Å². The maximum atomic E-state index is 10.6. The molecule has 0 aromatic carbocycles. The van der Waals surface area contributed by atoms with E-state index >= 15 is 0 Å². The Morgan fingerprint density at radius 1 is 1.78 bits per heavy atom. The van der Waals surface area contributed by atoms with E-state index in [-0.39, 0.29) is 5.12 Å². The van der Waals surface area contributed by atoms with Crippen LogP contribution in [0.5, 0.6) is 0 Å². The maximum Gasteiger partial charge on any atom is 0.227 e. The SMILES string of the molecule is O=C(S)c1sccc1I. The second kappa shape index (κ2) is 3.03. The van der Waals surface area contributed by atoms with Gasteiger partial charge in [-0.3, -0.25) is 4.79 Å². The van der Waals surface area contributed by atoms with E-state index in [1.165, 1.54) is 11.3 Å². The van der Waals surface area contributed by atoms with Crippen LogP contribution < -0.4 is 0 Å². The van der Waals surface area contributed by atoms with Crippen molar-refractivity contribution >= 4 is 51.7 Å². The summed E-state index contributed by atoms with van der Waals surface area (Å²) in [6, 6.07) is 1.90. The first kappa shape index (κ1) is 7.56. The lowest BCUT2D eigenvalue weighted by Crippen LogP contribution is -1.84. The van der Waals surface area contributed by atoms with Crippen molar-refractivity contribution in [2.45, 2.75) is 0 Å². The third-order valence-corrected chi connectivity index (χ3v) is 3.36. The molecule has 9 heavy (non-hydrogen) atoms. The summed E-state index contributed by atoms with van der Waals surface area (Å²) in [6.45, 7) is 0. The Labute approximate surface area is 76.0 Å². The lowest BCUT2D eigenvalue weighted by Gasteiger charge is -1.84. The van der Waals surface area contributed by atoms with Gasteiger partial charge in [0.25, 0.3) is 0 Å². The Balaban J connectivity index is 3.08. The molecular weight excluding hydrogens is 267 g/mol. The second-order valence-corrected chi connectivity index (χ2v) is 3.89. The van der Waals surface area contributed by atoms with Gasteiger partial charge >= 0.3 is 0 Å². The number of thiol groups is 1. The Bertz CT molecular complexity index is 231. The Hall–Kier alpha value is 0.450. The Morgan fingerprint density at radius 3 is 2.67 bits per heavy atom. The van der Waals surface area contributed by atoms with Gasteiger partial charge in [0.1, 0.15) is 0 Å². The molecule has 1 heterocycles. The molecule has 0 spiro atoms. The lowest BCUT2D eigenvalue weighted by molar-refractivity contribution is 0.109. The van der Waals surface area contributed by atoms with Crippen molar-refractivity contribution in [1.29, 1.82) is 0 Å². The molecule has 0 aliphatic carbocycles. The van der Waals surface area contributed by atoms with Crippen LogP contribution in [0.4, 0.5) is 0 Å². The number of hydrogen-bond donors (Lipinski definition) is 1. The van der Waals surface area contributed by atoms with Crippen molar-refractivity contribution in [2.24, 2.45) is 0 Å². The highest BCUT2D eigenvalue weighted by Crippen LogP contribution is 2.19. The first-order chi connectivity index (χ1) is 4.22. The number of carbonyl (C=O) groups excluding carboxylic acids is 1. The smallest absolute Gasteiger partial charge is 0.227 e. The first-order valence-corrected chi connectivity index (χ1v) is 4.58. The summed E-state index contributed by atoms with van der Waals surface area (Å²) in [5.74, 6) is 0. The minimum Gasteiger partial charge on any atom is -0.281 e. The monoisotopic (exact) mass is 270 g/mol. The fraction of sp³-hybridized carbons (Fsp3) is 0. The molecule has 0 fully saturated rings. The minimum atomic E-state index is -0.144. The predicted octanol–water partition coefficient (Wildman–Crippen LogP) is 2.42. The average molecular weight is 270 g/mol. The zero-order chi connectivity index (χ0) is 6.85. The highest BCUT2D eigenvalue weighted by Gasteiger charge is 2.05. The van der Waals surface area contributed by atoms with Gasteiger partial charge in [0, 0.05) is 3.57 Å². The van der Waals surface area contributed by atoms with Crippen LogP contribution in [-0.4, -0.2) is 5.12 Å². The zero-order valence-electron chi connectivity index (χ0n) is 4.30. The van der Waals surface area contributed by atoms with E-state index in [1.54, 1.807) is 0 Å². The number of carbonyl (C=O) groups is 1. The zero-order valence-corrected chi connectivity index (χ0v) is 8.16. The normalized spacial score (nSPS) is 9.56. The van der Waals surface area contributed by atoms with E-state index in [9.17, 15) is 4.79 Å². The molecule has 0 amide bonds. The number of rotatable bonds is 1. The molecule has 0 unspecified atom stereocenters. The van der Waals surface area contributed by atoms with E-state index in [4.69, 9.17) is 0 Å². The van der Waals surface area contributed by atoms with Gasteiger partial charge in [-0.25, -0.2) is 0 Å². The second-order valence-electron chi connectivity index (χ2n) is 1.40. The fourth-order valence-corrected chi connectivity index (χ4v) is 2.61. The van der Waals surface area contributed by atoms with E-state index in [0.717, 1.165) is 8.45 Å². The molecule has 0 bridgehead atoms. The van der Waals surface area contributed by atoms with Crippen LogP contribution in [-0.2, 0) is 0 Å². The summed E-state index contributed by atoms with van der Waals surface area (Å²) in [4.78, 5) is 11.3. The largest absolute Gasteiger partial charge is 0.281 e. The van der Waals surface area contributed by atoms with E-state index < -0.39 is 0 Å². The van der Waals surface area contributed by atoms with Crippen LogP contribution in [0.25, 0.3) is 0 Å². The van der Waals surface area contributed by atoms with Crippen LogP contribution >= 0.6 is 46.6 Å². The molecule has 0 aliphatic rings. The third-order valence-electron chi connectivity index (χ3n) is 0.811. The molecule has 4 heteroatoms. The summed E-state index contributed by atoms with van der Waals surface area (Å²) >= 11 is 7.23.